The van der Waals surface area contributed by atoms with Gasteiger partial charge in [0.1, 0.15) is 5.69 Å². The number of nitrogens with one attached hydrogen (secondary N) is 1. The van der Waals surface area contributed by atoms with Crippen LogP contribution in [-0.2, 0) is 0 Å². The van der Waals surface area contributed by atoms with E-state index in [0.29, 0.717) is 5.69 Å². The van der Waals surface area contributed by atoms with Crippen molar-refractivity contribution < 1.29 is 4.92 Å². The maximum absolute atomic E-state index is 11.0. The molecule has 7 nitrogen and oxygen atoms in total. The predicted octanol–water partition coefficient (Wildman–Crippen LogP) is 4.66. The van der Waals surface area contributed by atoms with Gasteiger partial charge in [-0.2, -0.15) is 10.2 Å². The van der Waals surface area contributed by atoms with E-state index < -0.39 is 4.92 Å². The van der Waals surface area contributed by atoms with Crippen LogP contribution < -0.4 is 10.4 Å². The third-order valence-corrected chi connectivity index (χ3v) is 4.60. The lowest BCUT2D eigenvalue weighted by molar-refractivity contribution is -0.384. The van der Waals surface area contributed by atoms with Gasteiger partial charge in [-0.15, -0.1) is 0 Å². The van der Waals surface area contributed by atoms with Crippen LogP contribution in [0.25, 0.3) is 0 Å². The number of para-hydroxylation sites is 2. The molecule has 0 radical (unpaired) electrons. The molecule has 1 N–H and O–H groups in total. The Morgan fingerprint density at radius 2 is 1.72 bits per heavy atom. The summed E-state index contributed by atoms with van der Waals surface area (Å²) in [6.45, 7) is 0.844. The number of hydrogen-bond donors (Lipinski definition) is 1. The molecule has 0 spiro atoms. The Bertz CT molecular complexity index is 1060. The number of hydrogen-bond acceptors (Lipinski definition) is 6. The second kappa shape index (κ2) is 8.35. The summed E-state index contributed by atoms with van der Waals surface area (Å²) in [5, 5.41) is 21.9. The molecule has 144 valence electrons. The highest BCUT2D eigenvalue weighted by Crippen LogP contribution is 2.24. The van der Waals surface area contributed by atoms with E-state index in [2.05, 4.69) is 22.7 Å². The van der Waals surface area contributed by atoms with Gasteiger partial charge in [-0.1, -0.05) is 54.6 Å². The van der Waals surface area contributed by atoms with Crippen molar-refractivity contribution in [2.24, 2.45) is 10.2 Å². The summed E-state index contributed by atoms with van der Waals surface area (Å²) in [7, 11) is 0. The minimum atomic E-state index is -0.438. The summed E-state index contributed by atoms with van der Waals surface area (Å²) < 4.78 is 0. The summed E-state index contributed by atoms with van der Waals surface area (Å²) >= 11 is 0. The van der Waals surface area contributed by atoms with Gasteiger partial charge >= 0.3 is 0 Å². The van der Waals surface area contributed by atoms with E-state index in [4.69, 9.17) is 5.10 Å². The highest BCUT2D eigenvalue weighted by atomic mass is 16.6. The van der Waals surface area contributed by atoms with Gasteiger partial charge in [0, 0.05) is 19.0 Å². The fraction of sp³-hybridized carbons (Fsp3) is 0.0909. The third kappa shape index (κ3) is 4.30. The normalized spacial score (nSPS) is 13.5. The molecule has 0 aromatic heterocycles. The first-order chi connectivity index (χ1) is 14.2. The van der Waals surface area contributed by atoms with Gasteiger partial charge in [-0.25, -0.2) is 0 Å². The molecule has 0 fully saturated rings. The standard InChI is InChI=1S/C22H19N5O2/c28-27(29)22-9-5-4-8-21(22)24-23-16-17-10-12-19(13-11-17)26-15-14-20(25-26)18-6-2-1-3-7-18/h1-13,16,24H,14-15H2. The second-order valence-electron chi connectivity index (χ2n) is 6.52. The van der Waals surface area contributed by atoms with Crippen molar-refractivity contribution in [3.63, 3.8) is 0 Å². The number of benzene rings is 3. The van der Waals surface area contributed by atoms with E-state index in [0.717, 1.165) is 35.5 Å². The Hall–Kier alpha value is -4.00. The summed E-state index contributed by atoms with van der Waals surface area (Å²) in [6, 6.07) is 24.5. The zero-order chi connectivity index (χ0) is 20.1. The summed E-state index contributed by atoms with van der Waals surface area (Å²) in [5.74, 6) is 0. The van der Waals surface area contributed by atoms with Crippen LogP contribution >= 0.6 is 0 Å². The average Bonchev–Trinajstić information content (AvgIpc) is 3.25. The van der Waals surface area contributed by atoms with Crippen LogP contribution in [0, 0.1) is 10.1 Å². The van der Waals surface area contributed by atoms with Gasteiger partial charge in [-0.05, 0) is 29.3 Å². The smallest absolute Gasteiger partial charge is 0.272 e. The number of nitro benzene ring substituents is 1. The van der Waals surface area contributed by atoms with Crippen LogP contribution in [-0.4, -0.2) is 23.4 Å². The topological polar surface area (TPSA) is 83.1 Å². The summed E-state index contributed by atoms with van der Waals surface area (Å²) in [4.78, 5) is 10.6. The molecule has 1 heterocycles. The van der Waals surface area contributed by atoms with Gasteiger partial charge in [0.15, 0.2) is 0 Å². The largest absolute Gasteiger partial charge is 0.294 e. The monoisotopic (exact) mass is 385 g/mol. The zero-order valence-electron chi connectivity index (χ0n) is 15.6. The molecular weight excluding hydrogens is 366 g/mol. The number of nitrogens with zero attached hydrogens (tertiary/aromatic N) is 4. The van der Waals surface area contributed by atoms with Crippen LogP contribution in [0.15, 0.2) is 89.1 Å². The quantitative estimate of drug-likeness (QED) is 0.380. The highest BCUT2D eigenvalue weighted by molar-refractivity contribution is 6.02. The Balaban J connectivity index is 1.42. The molecule has 0 saturated heterocycles. The van der Waals surface area contributed by atoms with E-state index in [1.54, 1.807) is 24.4 Å². The van der Waals surface area contributed by atoms with Gasteiger partial charge in [-0.3, -0.25) is 20.5 Å². The Kier molecular flexibility index (Phi) is 5.29. The molecule has 0 amide bonds. The molecule has 0 atom stereocenters. The van der Waals surface area contributed by atoms with E-state index in [-0.39, 0.29) is 5.69 Å². The molecule has 0 aliphatic carbocycles. The zero-order valence-corrected chi connectivity index (χ0v) is 15.6. The first-order valence-corrected chi connectivity index (χ1v) is 9.24. The van der Waals surface area contributed by atoms with Gasteiger partial charge in [0.05, 0.1) is 22.5 Å². The molecule has 1 aliphatic heterocycles. The van der Waals surface area contributed by atoms with Crippen LogP contribution in [0.3, 0.4) is 0 Å². The summed E-state index contributed by atoms with van der Waals surface area (Å²) in [6.07, 6.45) is 2.54. The van der Waals surface area contributed by atoms with Crippen molar-refractivity contribution in [2.45, 2.75) is 6.42 Å². The highest BCUT2D eigenvalue weighted by Gasteiger charge is 2.17. The van der Waals surface area contributed by atoms with Gasteiger partial charge in [0.25, 0.3) is 5.69 Å². The molecule has 7 heteroatoms. The minimum absolute atomic E-state index is 0.0129. The van der Waals surface area contributed by atoms with Crippen LogP contribution in [0.4, 0.5) is 17.1 Å². The molecule has 0 unspecified atom stereocenters. The average molecular weight is 385 g/mol. The molecule has 4 rings (SSSR count). The Labute approximate surface area is 168 Å². The van der Waals surface area contributed by atoms with Gasteiger partial charge < -0.3 is 0 Å². The molecule has 3 aromatic rings. The molecule has 0 saturated carbocycles. The van der Waals surface area contributed by atoms with Gasteiger partial charge in [0.2, 0.25) is 0 Å². The number of rotatable bonds is 6. The minimum Gasteiger partial charge on any atom is -0.272 e. The number of nitro groups is 1. The molecule has 29 heavy (non-hydrogen) atoms. The van der Waals surface area contributed by atoms with Crippen molar-refractivity contribution in [3.8, 4) is 0 Å². The lowest BCUT2D eigenvalue weighted by Gasteiger charge is -2.13. The fourth-order valence-electron chi connectivity index (χ4n) is 3.11. The SMILES string of the molecule is O=[N+]([O-])c1ccccc1NN=Cc1ccc(N2CCC(c3ccccc3)=N2)cc1. The van der Waals surface area contributed by atoms with Crippen LogP contribution in [0.1, 0.15) is 17.5 Å². The summed E-state index contributed by atoms with van der Waals surface area (Å²) in [5.41, 5.74) is 7.21. The van der Waals surface area contributed by atoms with Crippen molar-refractivity contribution in [1.29, 1.82) is 0 Å². The first-order valence-electron chi connectivity index (χ1n) is 9.24. The predicted molar refractivity (Wildman–Crippen MR) is 116 cm³/mol. The lowest BCUT2D eigenvalue weighted by atomic mass is 10.1. The number of anilines is 2. The van der Waals surface area contributed by atoms with E-state index in [9.17, 15) is 10.1 Å². The van der Waals surface area contributed by atoms with Crippen molar-refractivity contribution in [2.75, 3.05) is 17.0 Å². The molecule has 3 aromatic carbocycles. The Morgan fingerprint density at radius 3 is 2.48 bits per heavy atom. The first kappa shape index (κ1) is 18.4. The van der Waals surface area contributed by atoms with Crippen molar-refractivity contribution >= 4 is 29.0 Å². The van der Waals surface area contributed by atoms with Crippen LogP contribution in [0.5, 0.6) is 0 Å². The number of hydrazone groups is 2. The maximum atomic E-state index is 11.0. The Morgan fingerprint density at radius 1 is 1.00 bits per heavy atom. The van der Waals surface area contributed by atoms with E-state index in [1.807, 2.05) is 47.5 Å². The maximum Gasteiger partial charge on any atom is 0.294 e. The molecule has 0 bridgehead atoms. The fourth-order valence-corrected chi connectivity index (χ4v) is 3.11. The van der Waals surface area contributed by atoms with Crippen LogP contribution in [0.2, 0.25) is 0 Å². The molecular formula is C22H19N5O2. The van der Waals surface area contributed by atoms with E-state index in [1.165, 1.54) is 6.07 Å². The van der Waals surface area contributed by atoms with Crippen molar-refractivity contribution in [1.82, 2.24) is 0 Å². The van der Waals surface area contributed by atoms with Crippen molar-refractivity contribution in [3.05, 3.63) is 100 Å². The second-order valence-corrected chi connectivity index (χ2v) is 6.52. The van der Waals surface area contributed by atoms with E-state index >= 15 is 0 Å². The third-order valence-electron chi connectivity index (χ3n) is 4.60. The molecule has 1 aliphatic rings. The lowest BCUT2D eigenvalue weighted by Crippen LogP contribution is -2.11.